The maximum atomic E-state index is 12.2. The van der Waals surface area contributed by atoms with Crippen molar-refractivity contribution in [2.75, 3.05) is 6.54 Å². The Morgan fingerprint density at radius 1 is 1.08 bits per heavy atom. The van der Waals surface area contributed by atoms with E-state index < -0.39 is 0 Å². The van der Waals surface area contributed by atoms with Crippen LogP contribution in [0.1, 0.15) is 30.4 Å². The van der Waals surface area contributed by atoms with E-state index in [2.05, 4.69) is 10.6 Å². The van der Waals surface area contributed by atoms with Crippen LogP contribution in [0.5, 0.6) is 0 Å². The van der Waals surface area contributed by atoms with Gasteiger partial charge in [0.15, 0.2) is 0 Å². The van der Waals surface area contributed by atoms with E-state index >= 15 is 0 Å². The molecule has 1 aromatic heterocycles. The van der Waals surface area contributed by atoms with Crippen molar-refractivity contribution < 1.29 is 9.59 Å². The third-order valence-electron chi connectivity index (χ3n) is 2.90. The van der Waals surface area contributed by atoms with Crippen LogP contribution in [0.15, 0.2) is 30.3 Å². The Balaban J connectivity index is 2.02. The zero-order valence-corrected chi connectivity index (χ0v) is 15.9. The molecule has 2 N–H and O–H groups in total. The van der Waals surface area contributed by atoms with Gasteiger partial charge < -0.3 is 10.6 Å². The number of carbonyl (C=O) groups excluding carboxylic acids is 2. The molecule has 0 aliphatic heterocycles. The first kappa shape index (κ1) is 18.8. The first-order valence-electron chi connectivity index (χ1n) is 7.29. The molecular weight excluding hydrogens is 367 g/mol. The van der Waals surface area contributed by atoms with Crippen LogP contribution in [0.3, 0.4) is 0 Å². The van der Waals surface area contributed by atoms with E-state index in [-0.39, 0.29) is 23.9 Å². The molecule has 0 aliphatic carbocycles. The average molecular weight is 385 g/mol. The highest BCUT2D eigenvalue weighted by Crippen LogP contribution is 2.32. The van der Waals surface area contributed by atoms with Crippen molar-refractivity contribution in [3.8, 4) is 10.4 Å². The lowest BCUT2D eigenvalue weighted by molar-refractivity contribution is -0.121. The summed E-state index contributed by atoms with van der Waals surface area (Å²) in [6, 6.07) is 8.78. The first-order chi connectivity index (χ1) is 11.1. The molecule has 0 spiro atoms. The van der Waals surface area contributed by atoms with Crippen molar-refractivity contribution in [3.05, 3.63) is 45.3 Å². The van der Waals surface area contributed by atoms with E-state index in [1.165, 1.54) is 11.3 Å². The molecule has 2 rings (SSSR count). The molecular formula is C17H18Cl2N2O2S. The molecule has 4 nitrogen and oxygen atoms in total. The molecule has 1 aromatic carbocycles. The highest BCUT2D eigenvalue weighted by atomic mass is 35.5. The van der Waals surface area contributed by atoms with Crippen molar-refractivity contribution in [3.63, 3.8) is 0 Å². The van der Waals surface area contributed by atoms with Crippen molar-refractivity contribution in [1.82, 2.24) is 10.6 Å². The molecule has 24 heavy (non-hydrogen) atoms. The van der Waals surface area contributed by atoms with Crippen molar-refractivity contribution in [1.29, 1.82) is 0 Å². The highest BCUT2D eigenvalue weighted by molar-refractivity contribution is 7.17. The summed E-state index contributed by atoms with van der Waals surface area (Å²) in [5, 5.41) is 6.48. The number of carbonyl (C=O) groups is 2. The second-order valence-corrected chi connectivity index (χ2v) is 8.26. The summed E-state index contributed by atoms with van der Waals surface area (Å²) >= 11 is 13.3. The van der Waals surface area contributed by atoms with Crippen molar-refractivity contribution in [2.24, 2.45) is 0 Å². The summed E-state index contributed by atoms with van der Waals surface area (Å²) in [4.78, 5) is 25.3. The van der Waals surface area contributed by atoms with Crippen LogP contribution in [0.25, 0.3) is 10.4 Å². The van der Waals surface area contributed by atoms with E-state index in [1.807, 2.05) is 26.8 Å². The predicted octanol–water partition coefficient (Wildman–Crippen LogP) is 4.37. The SMILES string of the molecule is CC(C)(C)NC(=O)CNC(=O)c1ccc(-c2cc(Cl)cc(Cl)c2)s1. The first-order valence-corrected chi connectivity index (χ1v) is 8.87. The van der Waals surface area contributed by atoms with Gasteiger partial charge in [-0.25, -0.2) is 0 Å². The Hall–Kier alpha value is -1.56. The third-order valence-corrected chi connectivity index (χ3v) is 4.47. The van der Waals surface area contributed by atoms with Gasteiger partial charge in [-0.3, -0.25) is 9.59 Å². The molecule has 0 saturated carbocycles. The van der Waals surface area contributed by atoms with Gasteiger partial charge in [0.2, 0.25) is 5.91 Å². The summed E-state index contributed by atoms with van der Waals surface area (Å²) in [6.45, 7) is 5.59. The zero-order chi connectivity index (χ0) is 17.9. The third kappa shape index (κ3) is 5.51. The Morgan fingerprint density at radius 3 is 2.29 bits per heavy atom. The standard InChI is InChI=1S/C17H18Cl2N2O2S/c1-17(2,3)21-15(22)9-20-16(23)14-5-4-13(24-14)10-6-11(18)8-12(19)7-10/h4-8H,9H2,1-3H3,(H,20,23)(H,21,22). The smallest absolute Gasteiger partial charge is 0.261 e. The molecule has 2 amide bonds. The Bertz CT molecular complexity index is 746. The fraction of sp³-hybridized carbons (Fsp3) is 0.294. The van der Waals surface area contributed by atoms with E-state index in [4.69, 9.17) is 23.2 Å². The lowest BCUT2D eigenvalue weighted by Gasteiger charge is -2.20. The van der Waals surface area contributed by atoms with Crippen LogP contribution < -0.4 is 10.6 Å². The van der Waals surface area contributed by atoms with Gasteiger partial charge in [0.05, 0.1) is 11.4 Å². The minimum Gasteiger partial charge on any atom is -0.350 e. The molecule has 0 unspecified atom stereocenters. The average Bonchev–Trinajstić information content (AvgIpc) is 2.91. The number of rotatable bonds is 4. The quantitative estimate of drug-likeness (QED) is 0.821. The number of hydrogen-bond donors (Lipinski definition) is 2. The summed E-state index contributed by atoms with van der Waals surface area (Å²) in [7, 11) is 0. The molecule has 1 heterocycles. The summed E-state index contributed by atoms with van der Waals surface area (Å²) in [6.07, 6.45) is 0. The van der Waals surface area contributed by atoms with Gasteiger partial charge in [0.1, 0.15) is 0 Å². The number of amides is 2. The van der Waals surface area contributed by atoms with Gasteiger partial charge in [-0.2, -0.15) is 0 Å². The Labute approximate surface area is 155 Å². The number of thiophene rings is 1. The van der Waals surface area contributed by atoms with Crippen molar-refractivity contribution >= 4 is 46.4 Å². The second kappa shape index (κ2) is 7.55. The summed E-state index contributed by atoms with van der Waals surface area (Å²) in [5.41, 5.74) is 0.519. The monoisotopic (exact) mass is 384 g/mol. The molecule has 0 radical (unpaired) electrons. The van der Waals surface area contributed by atoms with E-state index in [1.54, 1.807) is 24.3 Å². The van der Waals surface area contributed by atoms with Crippen LogP contribution in [0.2, 0.25) is 10.0 Å². The van der Waals surface area contributed by atoms with Gasteiger partial charge in [-0.15, -0.1) is 11.3 Å². The van der Waals surface area contributed by atoms with Gasteiger partial charge in [-0.05, 0) is 56.7 Å². The number of hydrogen-bond acceptors (Lipinski definition) is 3. The van der Waals surface area contributed by atoms with Crippen molar-refractivity contribution in [2.45, 2.75) is 26.3 Å². The minimum absolute atomic E-state index is 0.0632. The van der Waals surface area contributed by atoms with Crippen LogP contribution in [0, 0.1) is 0 Å². The topological polar surface area (TPSA) is 58.2 Å². The largest absolute Gasteiger partial charge is 0.350 e. The number of benzene rings is 1. The summed E-state index contributed by atoms with van der Waals surface area (Å²) < 4.78 is 0. The fourth-order valence-electron chi connectivity index (χ4n) is 2.02. The lowest BCUT2D eigenvalue weighted by atomic mass is 10.1. The normalized spacial score (nSPS) is 11.2. The second-order valence-electron chi connectivity index (χ2n) is 6.30. The lowest BCUT2D eigenvalue weighted by Crippen LogP contribution is -2.45. The maximum Gasteiger partial charge on any atom is 0.261 e. The molecule has 0 fully saturated rings. The fourth-order valence-corrected chi connectivity index (χ4v) is 3.46. The maximum absolute atomic E-state index is 12.2. The highest BCUT2D eigenvalue weighted by Gasteiger charge is 2.16. The van der Waals surface area contributed by atoms with Gasteiger partial charge in [0, 0.05) is 20.5 Å². The number of halogens is 2. The van der Waals surface area contributed by atoms with Gasteiger partial charge >= 0.3 is 0 Å². The zero-order valence-electron chi connectivity index (χ0n) is 13.6. The molecule has 128 valence electrons. The molecule has 0 saturated heterocycles. The van der Waals surface area contributed by atoms with Crippen LogP contribution >= 0.6 is 34.5 Å². The summed E-state index contributed by atoms with van der Waals surface area (Å²) in [5.74, 6) is -0.516. The predicted molar refractivity (Wildman–Crippen MR) is 100 cm³/mol. The van der Waals surface area contributed by atoms with Crippen LogP contribution in [0.4, 0.5) is 0 Å². The Kier molecular flexibility index (Phi) is 5.91. The molecule has 0 bridgehead atoms. The number of nitrogens with one attached hydrogen (secondary N) is 2. The molecule has 7 heteroatoms. The molecule has 2 aromatic rings. The van der Waals surface area contributed by atoms with E-state index in [9.17, 15) is 9.59 Å². The van der Waals surface area contributed by atoms with Crippen LogP contribution in [-0.2, 0) is 4.79 Å². The van der Waals surface area contributed by atoms with E-state index in [0.717, 1.165) is 10.4 Å². The van der Waals surface area contributed by atoms with E-state index in [0.29, 0.717) is 14.9 Å². The van der Waals surface area contributed by atoms with Gasteiger partial charge in [0.25, 0.3) is 5.91 Å². The molecule has 0 atom stereocenters. The van der Waals surface area contributed by atoms with Gasteiger partial charge in [-0.1, -0.05) is 23.2 Å². The molecule has 0 aliphatic rings. The minimum atomic E-state index is -0.330. The van der Waals surface area contributed by atoms with Crippen LogP contribution in [-0.4, -0.2) is 23.9 Å². The Morgan fingerprint density at radius 2 is 1.71 bits per heavy atom.